The van der Waals surface area contributed by atoms with E-state index in [2.05, 4.69) is 12.2 Å². The number of rotatable bonds is 10. The van der Waals surface area contributed by atoms with Gasteiger partial charge in [-0.2, -0.15) is 0 Å². The molecule has 138 valence electrons. The molecule has 0 bridgehead atoms. The van der Waals surface area contributed by atoms with Gasteiger partial charge in [0.2, 0.25) is 0 Å². The molecule has 0 atom stereocenters. The largest absolute Gasteiger partial charge is 0.494 e. The van der Waals surface area contributed by atoms with E-state index in [-0.39, 0.29) is 0 Å². The molecule has 0 saturated carbocycles. The number of esters is 1. The molecule has 1 aromatic carbocycles. The lowest BCUT2D eigenvalue weighted by molar-refractivity contribution is -0.123. The van der Waals surface area contributed by atoms with Crippen molar-refractivity contribution in [3.63, 3.8) is 0 Å². The summed E-state index contributed by atoms with van der Waals surface area (Å²) in [5.74, 6) is -0.645. The Morgan fingerprint density at radius 2 is 1.72 bits per heavy atom. The minimum Gasteiger partial charge on any atom is -0.494 e. The third kappa shape index (κ3) is 8.74. The van der Waals surface area contributed by atoms with Crippen molar-refractivity contribution in [1.29, 1.82) is 0 Å². The summed E-state index contributed by atoms with van der Waals surface area (Å²) < 4.78 is 10.5. The van der Waals surface area contributed by atoms with Gasteiger partial charge in [-0.1, -0.05) is 26.2 Å². The molecule has 25 heavy (non-hydrogen) atoms. The summed E-state index contributed by atoms with van der Waals surface area (Å²) in [5, 5.41) is 4.45. The van der Waals surface area contributed by atoms with Crippen LogP contribution in [0.25, 0.3) is 0 Å². The zero-order valence-electron chi connectivity index (χ0n) is 14.8. The molecule has 0 spiro atoms. The van der Waals surface area contributed by atoms with E-state index in [1.54, 1.807) is 31.2 Å². The van der Waals surface area contributed by atoms with Gasteiger partial charge >= 0.3 is 12.0 Å². The van der Waals surface area contributed by atoms with Crippen LogP contribution in [-0.4, -0.2) is 37.7 Å². The average Bonchev–Trinajstić information content (AvgIpc) is 2.60. The summed E-state index contributed by atoms with van der Waals surface area (Å²) in [6.07, 6.45) is 4.51. The summed E-state index contributed by atoms with van der Waals surface area (Å²) in [6.45, 7) is 4.40. The second kappa shape index (κ2) is 11.9. The van der Waals surface area contributed by atoms with Crippen LogP contribution in [0.15, 0.2) is 24.3 Å². The molecular weight excluding hydrogens is 324 g/mol. The molecule has 0 fully saturated rings. The maximum absolute atomic E-state index is 11.9. The zero-order valence-corrected chi connectivity index (χ0v) is 14.8. The van der Waals surface area contributed by atoms with Gasteiger partial charge in [-0.3, -0.25) is 10.1 Å². The van der Waals surface area contributed by atoms with Crippen molar-refractivity contribution in [2.24, 2.45) is 0 Å². The fraction of sp³-hybridized carbons (Fsp3) is 0.500. The molecule has 2 N–H and O–H groups in total. The molecule has 0 radical (unpaired) electrons. The SMILES string of the molecule is CCCCCCOc1ccc(C(=O)OCC(=O)NC(=O)NCC)cc1. The first-order chi connectivity index (χ1) is 12.1. The summed E-state index contributed by atoms with van der Waals surface area (Å²) in [5.41, 5.74) is 0.309. The van der Waals surface area contributed by atoms with Crippen molar-refractivity contribution in [1.82, 2.24) is 10.6 Å². The van der Waals surface area contributed by atoms with Crippen LogP contribution in [0.4, 0.5) is 4.79 Å². The van der Waals surface area contributed by atoms with E-state index in [0.29, 0.717) is 24.5 Å². The zero-order chi connectivity index (χ0) is 18.5. The molecule has 0 aliphatic heterocycles. The topological polar surface area (TPSA) is 93.7 Å². The number of carbonyl (C=O) groups is 3. The summed E-state index contributed by atoms with van der Waals surface area (Å²) >= 11 is 0. The van der Waals surface area contributed by atoms with E-state index in [0.717, 1.165) is 12.8 Å². The minimum atomic E-state index is -0.689. The van der Waals surface area contributed by atoms with Crippen LogP contribution in [0, 0.1) is 0 Å². The Hall–Kier alpha value is -2.57. The number of nitrogens with one attached hydrogen (secondary N) is 2. The van der Waals surface area contributed by atoms with Crippen LogP contribution in [0.2, 0.25) is 0 Å². The van der Waals surface area contributed by atoms with Gasteiger partial charge in [0.05, 0.1) is 12.2 Å². The molecule has 0 unspecified atom stereocenters. The number of urea groups is 1. The highest BCUT2D eigenvalue weighted by atomic mass is 16.5. The number of hydrogen-bond donors (Lipinski definition) is 2. The number of carbonyl (C=O) groups excluding carboxylic acids is 3. The van der Waals surface area contributed by atoms with E-state index < -0.39 is 24.5 Å². The number of imide groups is 1. The third-order valence-electron chi connectivity index (χ3n) is 3.28. The van der Waals surface area contributed by atoms with E-state index in [9.17, 15) is 14.4 Å². The number of ether oxygens (including phenoxy) is 2. The Kier molecular flexibility index (Phi) is 9.74. The van der Waals surface area contributed by atoms with Crippen molar-refractivity contribution in [3.8, 4) is 5.75 Å². The Bertz CT molecular complexity index is 557. The first-order valence-corrected chi connectivity index (χ1v) is 8.54. The molecular formula is C18H26N2O5. The van der Waals surface area contributed by atoms with Crippen LogP contribution < -0.4 is 15.4 Å². The van der Waals surface area contributed by atoms with Gasteiger partial charge in [-0.05, 0) is 37.6 Å². The lowest BCUT2D eigenvalue weighted by Crippen LogP contribution is -2.41. The van der Waals surface area contributed by atoms with Gasteiger partial charge in [-0.15, -0.1) is 0 Å². The normalized spacial score (nSPS) is 10.0. The molecule has 0 aromatic heterocycles. The smallest absolute Gasteiger partial charge is 0.338 e. The lowest BCUT2D eigenvalue weighted by Gasteiger charge is -2.08. The number of amides is 3. The van der Waals surface area contributed by atoms with E-state index in [1.807, 2.05) is 5.32 Å². The standard InChI is InChI=1S/C18H26N2O5/c1-3-5-6-7-12-24-15-10-8-14(9-11-15)17(22)25-13-16(21)20-18(23)19-4-2/h8-11H,3-7,12-13H2,1-2H3,(H2,19,20,21,23). The summed E-state index contributed by atoms with van der Waals surface area (Å²) in [6, 6.07) is 5.90. The molecule has 0 aliphatic rings. The first-order valence-electron chi connectivity index (χ1n) is 8.54. The van der Waals surface area contributed by atoms with Crippen LogP contribution >= 0.6 is 0 Å². The van der Waals surface area contributed by atoms with Gasteiger partial charge in [0, 0.05) is 6.54 Å². The number of unbranched alkanes of at least 4 members (excludes halogenated alkanes) is 3. The Balaban J connectivity index is 2.33. The number of benzene rings is 1. The minimum absolute atomic E-state index is 0.309. The average molecular weight is 350 g/mol. The molecule has 3 amide bonds. The molecule has 1 rings (SSSR count). The highest BCUT2D eigenvalue weighted by Crippen LogP contribution is 2.13. The fourth-order valence-corrected chi connectivity index (χ4v) is 1.99. The van der Waals surface area contributed by atoms with Crippen LogP contribution in [0.3, 0.4) is 0 Å². The molecule has 7 heteroatoms. The second-order valence-electron chi connectivity index (χ2n) is 5.42. The van der Waals surface area contributed by atoms with Crippen molar-refractivity contribution >= 4 is 17.9 Å². The van der Waals surface area contributed by atoms with Gasteiger partial charge in [-0.25, -0.2) is 9.59 Å². The van der Waals surface area contributed by atoms with E-state index >= 15 is 0 Å². The van der Waals surface area contributed by atoms with Crippen molar-refractivity contribution in [3.05, 3.63) is 29.8 Å². The van der Waals surface area contributed by atoms with E-state index in [4.69, 9.17) is 9.47 Å². The maximum atomic E-state index is 11.9. The Morgan fingerprint density at radius 3 is 2.36 bits per heavy atom. The molecule has 7 nitrogen and oxygen atoms in total. The van der Waals surface area contributed by atoms with Crippen LogP contribution in [-0.2, 0) is 9.53 Å². The monoisotopic (exact) mass is 350 g/mol. The lowest BCUT2D eigenvalue weighted by atomic mass is 10.2. The number of hydrogen-bond acceptors (Lipinski definition) is 5. The molecule has 0 aliphatic carbocycles. The van der Waals surface area contributed by atoms with Gasteiger partial charge < -0.3 is 14.8 Å². The second-order valence-corrected chi connectivity index (χ2v) is 5.42. The van der Waals surface area contributed by atoms with Crippen LogP contribution in [0.1, 0.15) is 49.9 Å². The first kappa shape index (κ1) is 20.5. The Morgan fingerprint density at radius 1 is 1.00 bits per heavy atom. The van der Waals surface area contributed by atoms with Crippen LogP contribution in [0.5, 0.6) is 5.75 Å². The van der Waals surface area contributed by atoms with E-state index in [1.165, 1.54) is 12.8 Å². The maximum Gasteiger partial charge on any atom is 0.338 e. The molecule has 0 heterocycles. The van der Waals surface area contributed by atoms with Gasteiger partial charge in [0.1, 0.15) is 5.75 Å². The highest BCUT2D eigenvalue weighted by Gasteiger charge is 2.12. The quantitative estimate of drug-likeness (QED) is 0.500. The van der Waals surface area contributed by atoms with Crippen molar-refractivity contribution < 1.29 is 23.9 Å². The summed E-state index contributed by atoms with van der Waals surface area (Å²) in [4.78, 5) is 34.5. The third-order valence-corrected chi connectivity index (χ3v) is 3.28. The van der Waals surface area contributed by atoms with Gasteiger partial charge in [0.15, 0.2) is 6.61 Å². The predicted octanol–water partition coefficient (Wildman–Crippen LogP) is 2.65. The fourth-order valence-electron chi connectivity index (χ4n) is 1.99. The van der Waals surface area contributed by atoms with Gasteiger partial charge in [0.25, 0.3) is 5.91 Å². The van der Waals surface area contributed by atoms with Crippen molar-refractivity contribution in [2.45, 2.75) is 39.5 Å². The summed E-state index contributed by atoms with van der Waals surface area (Å²) in [7, 11) is 0. The highest BCUT2D eigenvalue weighted by molar-refractivity contribution is 5.97. The Labute approximate surface area is 148 Å². The van der Waals surface area contributed by atoms with Crippen molar-refractivity contribution in [2.75, 3.05) is 19.8 Å². The predicted molar refractivity (Wildman–Crippen MR) is 93.6 cm³/mol. The molecule has 1 aromatic rings. The molecule has 0 saturated heterocycles.